The van der Waals surface area contributed by atoms with Crippen LogP contribution in [0.15, 0.2) is 36.4 Å². The van der Waals surface area contributed by atoms with Gasteiger partial charge in [0.15, 0.2) is 0 Å². The van der Waals surface area contributed by atoms with Gasteiger partial charge >= 0.3 is 6.09 Å². The van der Waals surface area contributed by atoms with Gasteiger partial charge in [-0.25, -0.2) is 13.6 Å². The molecule has 13 nitrogen and oxygen atoms in total. The number of likely N-dealkylation sites (N-methyl/N-ethyl adjacent to an activating group) is 1. The lowest BCUT2D eigenvalue weighted by atomic mass is 9.90. The maximum Gasteiger partial charge on any atom is 0.407 e. The summed E-state index contributed by atoms with van der Waals surface area (Å²) in [6.45, 7) is 2.02. The number of anilines is 2. The molecular weight excluding hydrogens is 594 g/mol. The molecule has 45 heavy (non-hydrogen) atoms. The van der Waals surface area contributed by atoms with Gasteiger partial charge in [0.05, 0.1) is 0 Å². The Morgan fingerprint density at radius 2 is 1.76 bits per heavy atom. The van der Waals surface area contributed by atoms with E-state index in [4.69, 9.17) is 10.5 Å². The second kappa shape index (κ2) is 14.4. The van der Waals surface area contributed by atoms with Crippen LogP contribution in [0.5, 0.6) is 0 Å². The molecule has 0 bridgehead atoms. The number of ether oxygens (including phenoxy) is 1. The number of nitrogens with two attached hydrogens (primary N) is 1. The predicted molar refractivity (Wildman–Crippen MR) is 158 cm³/mol. The maximum atomic E-state index is 14.5. The van der Waals surface area contributed by atoms with Crippen LogP contribution in [0, 0.1) is 17.6 Å². The molecule has 2 aliphatic heterocycles. The lowest BCUT2D eigenvalue weighted by Gasteiger charge is -2.35. The highest BCUT2D eigenvalue weighted by molar-refractivity contribution is 6.01. The lowest BCUT2D eigenvalue weighted by Crippen LogP contribution is -2.57. The highest BCUT2D eigenvalue weighted by Gasteiger charge is 2.44. The van der Waals surface area contributed by atoms with Gasteiger partial charge in [-0.2, -0.15) is 0 Å². The zero-order valence-electron chi connectivity index (χ0n) is 24.8. The molecule has 2 aliphatic rings. The highest BCUT2D eigenvalue weighted by atomic mass is 19.1. The minimum Gasteiger partial charge on any atom is -0.465 e. The number of hydrogen-bond acceptors (Lipinski definition) is 7. The number of amides is 5. The summed E-state index contributed by atoms with van der Waals surface area (Å²) in [4.78, 5) is 67.0. The van der Waals surface area contributed by atoms with Crippen molar-refractivity contribution in [1.29, 1.82) is 0 Å². The fourth-order valence-electron chi connectivity index (χ4n) is 5.39. The first-order valence-corrected chi connectivity index (χ1v) is 14.4. The summed E-state index contributed by atoms with van der Waals surface area (Å²) < 4.78 is 34.5. The molecule has 15 heteroatoms. The number of nitrogens with one attached hydrogen (secondary N) is 3. The quantitative estimate of drug-likeness (QED) is 0.265. The molecule has 3 atom stereocenters. The first-order chi connectivity index (χ1) is 21.4. The number of fused-ring (bicyclic) bond motifs is 1. The molecule has 6 N–H and O–H groups in total. The van der Waals surface area contributed by atoms with Gasteiger partial charge in [-0.1, -0.05) is 12.1 Å². The molecule has 5 amide bonds. The van der Waals surface area contributed by atoms with Gasteiger partial charge in [-0.15, -0.1) is 0 Å². The summed E-state index contributed by atoms with van der Waals surface area (Å²) in [5, 5.41) is 17.0. The van der Waals surface area contributed by atoms with Gasteiger partial charge < -0.3 is 36.4 Å². The average molecular weight is 631 g/mol. The summed E-state index contributed by atoms with van der Waals surface area (Å²) in [6.07, 6.45) is -0.502. The number of benzene rings is 2. The van der Waals surface area contributed by atoms with Crippen molar-refractivity contribution >= 4 is 41.1 Å². The molecule has 0 spiro atoms. The minimum atomic E-state index is -1.41. The van der Waals surface area contributed by atoms with Crippen molar-refractivity contribution in [2.45, 2.75) is 50.9 Å². The number of carbonyl (C=O) groups is 5. The third-order valence-electron chi connectivity index (χ3n) is 8.05. The molecular formula is C30H36F2N6O7. The zero-order chi connectivity index (χ0) is 32.8. The fourth-order valence-corrected chi connectivity index (χ4v) is 5.39. The first kappa shape index (κ1) is 33.3. The monoisotopic (exact) mass is 630 g/mol. The van der Waals surface area contributed by atoms with Gasteiger partial charge in [-0.3, -0.25) is 24.1 Å². The van der Waals surface area contributed by atoms with E-state index in [0.29, 0.717) is 42.9 Å². The number of halogens is 2. The minimum absolute atomic E-state index is 0.0418. The molecule has 0 aliphatic carbocycles. The van der Waals surface area contributed by atoms with Crippen molar-refractivity contribution in [2.75, 3.05) is 37.4 Å². The standard InChI is InChI=1S/C30H36F2N6O7/c1-16(37(2)30(43)44)27(40)35-24(17-9-12-45-13-10-17)29(42)38-15-18-6-7-19(34-23(39)8-11-33)14-20(18)26(38)28(41)36-25-21(31)4-3-5-22(25)32/h3-7,14,16-17,24,26H,8-13,15,33H2,1-2H3,(H,34,39)(H,35,40)(H,36,41)(H,43,44)/t16-,24-,26-/m0/s1. The summed E-state index contributed by atoms with van der Waals surface area (Å²) >= 11 is 0. The summed E-state index contributed by atoms with van der Waals surface area (Å²) in [7, 11) is 1.22. The Balaban J connectivity index is 1.72. The molecule has 2 aromatic rings. The molecule has 2 aromatic carbocycles. The van der Waals surface area contributed by atoms with Gasteiger partial charge in [0, 0.05) is 45.5 Å². The van der Waals surface area contributed by atoms with Crippen molar-refractivity contribution < 1.29 is 42.6 Å². The van der Waals surface area contributed by atoms with Crippen molar-refractivity contribution in [3.8, 4) is 0 Å². The van der Waals surface area contributed by atoms with E-state index in [0.717, 1.165) is 23.1 Å². The predicted octanol–water partition coefficient (Wildman–Crippen LogP) is 2.18. The summed E-state index contributed by atoms with van der Waals surface area (Å²) in [5.74, 6) is -5.13. The van der Waals surface area contributed by atoms with Crippen molar-refractivity contribution in [3.63, 3.8) is 0 Å². The van der Waals surface area contributed by atoms with E-state index < -0.39 is 65.2 Å². The van der Waals surface area contributed by atoms with E-state index in [1.54, 1.807) is 12.1 Å². The molecule has 242 valence electrons. The molecule has 0 radical (unpaired) electrons. The van der Waals surface area contributed by atoms with E-state index in [1.807, 2.05) is 0 Å². The lowest BCUT2D eigenvalue weighted by molar-refractivity contribution is -0.144. The second-order valence-corrected chi connectivity index (χ2v) is 11.0. The van der Waals surface area contributed by atoms with Crippen molar-refractivity contribution in [1.82, 2.24) is 15.1 Å². The first-order valence-electron chi connectivity index (χ1n) is 14.4. The van der Waals surface area contributed by atoms with E-state index >= 15 is 0 Å². The SMILES string of the molecule is C[C@@H](C(=O)N[C@H](C(=O)N1Cc2ccc(NC(=O)CCN)cc2[C@H]1C(=O)Nc1c(F)cccc1F)C1CCOCC1)N(C)C(=O)O. The van der Waals surface area contributed by atoms with Crippen LogP contribution in [-0.4, -0.2) is 83.5 Å². The van der Waals surface area contributed by atoms with Crippen LogP contribution in [0.2, 0.25) is 0 Å². The normalized spacial score (nSPS) is 17.5. The zero-order valence-corrected chi connectivity index (χ0v) is 24.8. The Bertz CT molecular complexity index is 1450. The van der Waals surface area contributed by atoms with Crippen molar-refractivity contribution in [3.05, 3.63) is 59.2 Å². The summed E-state index contributed by atoms with van der Waals surface area (Å²) in [5.41, 5.74) is 5.92. The van der Waals surface area contributed by atoms with Crippen molar-refractivity contribution in [2.24, 2.45) is 11.7 Å². The van der Waals surface area contributed by atoms with Gasteiger partial charge in [0.25, 0.3) is 5.91 Å². The van der Waals surface area contributed by atoms with Gasteiger partial charge in [-0.05, 0) is 61.1 Å². The molecule has 1 saturated heterocycles. The van der Waals surface area contributed by atoms with E-state index in [9.17, 15) is 37.9 Å². The maximum absolute atomic E-state index is 14.5. The molecule has 1 fully saturated rings. The Morgan fingerprint density at radius 3 is 2.38 bits per heavy atom. The van der Waals surface area contributed by atoms with E-state index in [1.165, 1.54) is 24.9 Å². The Morgan fingerprint density at radius 1 is 1.09 bits per heavy atom. The van der Waals surface area contributed by atoms with Crippen LogP contribution < -0.4 is 21.7 Å². The molecule has 4 rings (SSSR count). The Hall–Kier alpha value is -4.63. The van der Waals surface area contributed by atoms with Crippen LogP contribution in [0.3, 0.4) is 0 Å². The number of para-hydroxylation sites is 1. The van der Waals surface area contributed by atoms with Gasteiger partial charge in [0.2, 0.25) is 17.7 Å². The van der Waals surface area contributed by atoms with Crippen LogP contribution in [-0.2, 0) is 30.5 Å². The molecule has 0 saturated carbocycles. The molecule has 0 aromatic heterocycles. The number of nitrogens with zero attached hydrogens (tertiary/aromatic N) is 2. The topological polar surface area (TPSA) is 183 Å². The fraction of sp³-hybridized carbons (Fsp3) is 0.433. The Labute approximate surface area is 258 Å². The third-order valence-corrected chi connectivity index (χ3v) is 8.05. The van der Waals surface area contributed by atoms with Gasteiger partial charge in [0.1, 0.15) is 35.4 Å². The average Bonchev–Trinajstić information content (AvgIpc) is 3.40. The second-order valence-electron chi connectivity index (χ2n) is 11.0. The summed E-state index contributed by atoms with van der Waals surface area (Å²) in [6, 6.07) is 4.08. The largest absolute Gasteiger partial charge is 0.465 e. The third kappa shape index (κ3) is 7.54. The molecule has 0 unspecified atom stereocenters. The number of carbonyl (C=O) groups excluding carboxylic acids is 4. The van der Waals surface area contributed by atoms with E-state index in [2.05, 4.69) is 16.0 Å². The number of carboxylic acid groups (broad SMARTS) is 1. The van der Waals surface area contributed by atoms with E-state index in [-0.39, 0.29) is 25.4 Å². The molecule has 2 heterocycles. The Kier molecular flexibility index (Phi) is 10.7. The number of rotatable bonds is 10. The van der Waals surface area contributed by atoms with Crippen LogP contribution in [0.4, 0.5) is 25.0 Å². The highest BCUT2D eigenvalue weighted by Crippen LogP contribution is 2.38. The number of hydrogen-bond donors (Lipinski definition) is 5. The van der Waals surface area contributed by atoms with Crippen LogP contribution in [0.25, 0.3) is 0 Å². The smallest absolute Gasteiger partial charge is 0.407 e. The van der Waals surface area contributed by atoms with Crippen LogP contribution >= 0.6 is 0 Å². The van der Waals surface area contributed by atoms with Crippen LogP contribution in [0.1, 0.15) is 43.4 Å².